The molecule has 1 aliphatic carbocycles. The number of nitro groups is 1. The largest absolute Gasteiger partial charge is 0.342 e. The van der Waals surface area contributed by atoms with Crippen molar-refractivity contribution < 1.29 is 9.72 Å². The Balaban J connectivity index is 0.00000208. The Morgan fingerprint density at radius 3 is 2.50 bits per heavy atom. The van der Waals surface area contributed by atoms with E-state index >= 15 is 0 Å². The zero-order chi connectivity index (χ0) is 16.2. The summed E-state index contributed by atoms with van der Waals surface area (Å²) < 4.78 is 0. The van der Waals surface area contributed by atoms with Crippen molar-refractivity contribution in [2.45, 2.75) is 38.1 Å². The van der Waals surface area contributed by atoms with Gasteiger partial charge in [0.2, 0.25) is 5.91 Å². The number of hydrogen-bond donors (Lipinski definition) is 1. The van der Waals surface area contributed by atoms with Gasteiger partial charge in [0.1, 0.15) is 0 Å². The summed E-state index contributed by atoms with van der Waals surface area (Å²) in [5, 5.41) is 14.6. The van der Waals surface area contributed by atoms with E-state index in [0.29, 0.717) is 11.6 Å². The van der Waals surface area contributed by atoms with Gasteiger partial charge in [-0.2, -0.15) is 0 Å². The first-order valence-corrected chi connectivity index (χ1v) is 8.37. The quantitative estimate of drug-likeness (QED) is 0.630. The lowest BCUT2D eigenvalue weighted by atomic mass is 10.0. The number of piperidine rings is 1. The highest BCUT2D eigenvalue weighted by Crippen LogP contribution is 2.28. The van der Waals surface area contributed by atoms with Crippen LogP contribution in [0.15, 0.2) is 24.3 Å². The van der Waals surface area contributed by atoms with Crippen molar-refractivity contribution in [2.75, 3.05) is 19.6 Å². The Kier molecular flexibility index (Phi) is 6.57. The van der Waals surface area contributed by atoms with E-state index in [2.05, 4.69) is 5.32 Å². The number of para-hydroxylation sites is 1. The van der Waals surface area contributed by atoms with Gasteiger partial charge in [0.25, 0.3) is 5.69 Å². The average molecular weight is 354 g/mol. The fraction of sp³-hybridized carbons (Fsp3) is 0.588. The smallest absolute Gasteiger partial charge is 0.273 e. The van der Waals surface area contributed by atoms with Crippen LogP contribution in [0.4, 0.5) is 5.69 Å². The van der Waals surface area contributed by atoms with Gasteiger partial charge in [-0.3, -0.25) is 14.9 Å². The van der Waals surface area contributed by atoms with Gasteiger partial charge in [-0.05, 0) is 38.1 Å². The number of amides is 1. The van der Waals surface area contributed by atoms with Crippen LogP contribution in [0.3, 0.4) is 0 Å². The number of carbonyl (C=O) groups excluding carboxylic acids is 1. The zero-order valence-corrected chi connectivity index (χ0v) is 14.5. The predicted octanol–water partition coefficient (Wildman–Crippen LogP) is 2.55. The van der Waals surface area contributed by atoms with Gasteiger partial charge in [-0.1, -0.05) is 18.2 Å². The van der Waals surface area contributed by atoms with E-state index in [1.54, 1.807) is 18.2 Å². The molecule has 1 aromatic carbocycles. The van der Waals surface area contributed by atoms with Gasteiger partial charge in [-0.25, -0.2) is 0 Å². The van der Waals surface area contributed by atoms with Gasteiger partial charge >= 0.3 is 0 Å². The van der Waals surface area contributed by atoms with Crippen molar-refractivity contribution >= 4 is 24.0 Å². The molecule has 1 saturated heterocycles. The second-order valence-electron chi connectivity index (χ2n) is 6.57. The normalized spacial score (nSPS) is 18.1. The van der Waals surface area contributed by atoms with Crippen LogP contribution in [0, 0.1) is 16.0 Å². The molecule has 24 heavy (non-hydrogen) atoms. The van der Waals surface area contributed by atoms with Crippen molar-refractivity contribution in [3.8, 4) is 0 Å². The lowest BCUT2D eigenvalue weighted by Gasteiger charge is -2.32. The molecule has 3 rings (SSSR count). The lowest BCUT2D eigenvalue weighted by Crippen LogP contribution is -2.45. The summed E-state index contributed by atoms with van der Waals surface area (Å²) in [7, 11) is 0. The molecule has 1 amide bonds. The molecule has 6 nitrogen and oxygen atoms in total. The lowest BCUT2D eigenvalue weighted by molar-refractivity contribution is -0.385. The van der Waals surface area contributed by atoms with Crippen molar-refractivity contribution in [1.82, 2.24) is 10.2 Å². The fourth-order valence-electron chi connectivity index (χ4n) is 3.10. The molecule has 0 radical (unpaired) electrons. The van der Waals surface area contributed by atoms with Crippen molar-refractivity contribution in [3.63, 3.8) is 0 Å². The highest BCUT2D eigenvalue weighted by Gasteiger charge is 2.26. The van der Waals surface area contributed by atoms with Crippen LogP contribution in [0.1, 0.15) is 31.2 Å². The first-order valence-electron chi connectivity index (χ1n) is 8.37. The molecule has 2 fully saturated rings. The number of halogens is 1. The Hall–Kier alpha value is -1.66. The first kappa shape index (κ1) is 18.7. The summed E-state index contributed by atoms with van der Waals surface area (Å²) in [6.07, 6.45) is 4.74. The highest BCUT2D eigenvalue weighted by atomic mass is 35.5. The molecule has 0 unspecified atom stereocenters. The standard InChI is InChI=1S/C17H23N3O3.ClH/c21-17(11-14-3-1-2-4-16(14)20(22)23)19-9-7-15(8-10-19)18-12-13-5-6-13;/h1-4,13,15,18H,5-12H2;1H. The number of hydrogen-bond acceptors (Lipinski definition) is 4. The minimum absolute atomic E-state index is 0. The van der Waals surface area contributed by atoms with Gasteiger partial charge in [0.15, 0.2) is 0 Å². The Bertz CT molecular complexity index is 584. The first-order chi connectivity index (χ1) is 11.1. The number of nitrogens with zero attached hydrogens (tertiary/aromatic N) is 2. The molecule has 2 aliphatic rings. The zero-order valence-electron chi connectivity index (χ0n) is 13.6. The fourth-order valence-corrected chi connectivity index (χ4v) is 3.10. The van der Waals surface area contributed by atoms with Crippen LogP contribution in [-0.2, 0) is 11.2 Å². The SMILES string of the molecule is Cl.O=C(Cc1ccccc1[N+](=O)[O-])N1CCC(NCC2CC2)CC1. The van der Waals surface area contributed by atoms with Crippen molar-refractivity contribution in [1.29, 1.82) is 0 Å². The molecular weight excluding hydrogens is 330 g/mol. The van der Waals surface area contributed by atoms with E-state index in [1.165, 1.54) is 18.9 Å². The number of benzene rings is 1. The summed E-state index contributed by atoms with van der Waals surface area (Å²) >= 11 is 0. The average Bonchev–Trinajstić information content (AvgIpc) is 3.38. The monoisotopic (exact) mass is 353 g/mol. The molecule has 0 aromatic heterocycles. The third-order valence-electron chi connectivity index (χ3n) is 4.77. The Labute approximate surface area is 148 Å². The number of nitrogens with one attached hydrogen (secondary N) is 1. The summed E-state index contributed by atoms with van der Waals surface area (Å²) in [5.74, 6) is 0.855. The molecule has 0 bridgehead atoms. The minimum atomic E-state index is -0.420. The van der Waals surface area contributed by atoms with Gasteiger partial charge in [0.05, 0.1) is 11.3 Å². The summed E-state index contributed by atoms with van der Waals surface area (Å²) in [5.41, 5.74) is 0.526. The van der Waals surface area contributed by atoms with E-state index < -0.39 is 4.92 Å². The van der Waals surface area contributed by atoms with Gasteiger partial charge in [0, 0.05) is 30.8 Å². The molecule has 0 atom stereocenters. The number of carbonyl (C=O) groups is 1. The molecule has 1 N–H and O–H groups in total. The van der Waals surface area contributed by atoms with E-state index in [-0.39, 0.29) is 30.4 Å². The number of rotatable bonds is 6. The van der Waals surface area contributed by atoms with E-state index in [9.17, 15) is 14.9 Å². The number of likely N-dealkylation sites (tertiary alicyclic amines) is 1. The minimum Gasteiger partial charge on any atom is -0.342 e. The highest BCUT2D eigenvalue weighted by molar-refractivity contribution is 5.85. The second-order valence-corrected chi connectivity index (χ2v) is 6.57. The van der Waals surface area contributed by atoms with Gasteiger partial charge < -0.3 is 10.2 Å². The topological polar surface area (TPSA) is 75.5 Å². The van der Waals surface area contributed by atoms with Gasteiger partial charge in [-0.15, -0.1) is 12.4 Å². The molecule has 1 aliphatic heterocycles. The molecule has 0 spiro atoms. The molecule has 7 heteroatoms. The maximum Gasteiger partial charge on any atom is 0.273 e. The molecule has 1 saturated carbocycles. The Morgan fingerprint density at radius 2 is 1.88 bits per heavy atom. The van der Waals surface area contributed by atoms with E-state index in [0.717, 1.165) is 38.4 Å². The van der Waals surface area contributed by atoms with Crippen LogP contribution in [-0.4, -0.2) is 41.4 Å². The van der Waals surface area contributed by atoms with E-state index in [1.807, 2.05) is 4.90 Å². The van der Waals surface area contributed by atoms with Crippen LogP contribution >= 0.6 is 12.4 Å². The third-order valence-corrected chi connectivity index (χ3v) is 4.77. The van der Waals surface area contributed by atoms with Crippen molar-refractivity contribution in [2.24, 2.45) is 5.92 Å². The third kappa shape index (κ3) is 4.92. The molecule has 1 heterocycles. The predicted molar refractivity (Wildman–Crippen MR) is 94.4 cm³/mol. The molecule has 132 valence electrons. The molecular formula is C17H24ClN3O3. The maximum atomic E-state index is 12.4. The van der Waals surface area contributed by atoms with Crippen LogP contribution in [0.2, 0.25) is 0 Å². The number of nitro benzene ring substituents is 1. The molecule has 1 aromatic rings. The van der Waals surface area contributed by atoms with Crippen LogP contribution in [0.5, 0.6) is 0 Å². The maximum absolute atomic E-state index is 12.4. The summed E-state index contributed by atoms with van der Waals surface area (Å²) in [6.45, 7) is 2.58. The second kappa shape index (κ2) is 8.44. The van der Waals surface area contributed by atoms with Crippen LogP contribution in [0.25, 0.3) is 0 Å². The summed E-state index contributed by atoms with van der Waals surface area (Å²) in [4.78, 5) is 24.9. The van der Waals surface area contributed by atoms with E-state index in [4.69, 9.17) is 0 Å². The summed E-state index contributed by atoms with van der Waals surface area (Å²) in [6, 6.07) is 6.99. The van der Waals surface area contributed by atoms with Crippen LogP contribution < -0.4 is 5.32 Å². The van der Waals surface area contributed by atoms with Crippen molar-refractivity contribution in [3.05, 3.63) is 39.9 Å². The Morgan fingerprint density at radius 1 is 1.21 bits per heavy atom.